The van der Waals surface area contributed by atoms with Gasteiger partial charge in [0.1, 0.15) is 11.5 Å². The zero-order chi connectivity index (χ0) is 22.3. The summed E-state index contributed by atoms with van der Waals surface area (Å²) in [4.78, 5) is 12.4. The number of hydrogen-bond donors (Lipinski definition) is 0. The Labute approximate surface area is 188 Å². The minimum Gasteiger partial charge on any atom is -0.497 e. The van der Waals surface area contributed by atoms with Crippen molar-refractivity contribution in [2.45, 2.75) is 6.92 Å². The van der Waals surface area contributed by atoms with Crippen LogP contribution in [0.2, 0.25) is 0 Å². The van der Waals surface area contributed by atoms with Crippen molar-refractivity contribution in [1.29, 1.82) is 0 Å². The predicted octanol–water partition coefficient (Wildman–Crippen LogP) is 6.29. The van der Waals surface area contributed by atoms with Crippen molar-refractivity contribution < 1.29 is 14.3 Å². The smallest absolute Gasteiger partial charge is 0.343 e. The quantitative estimate of drug-likeness (QED) is 0.222. The number of benzene rings is 4. The average molecular weight is 418 g/mol. The van der Waals surface area contributed by atoms with E-state index in [-0.39, 0.29) is 0 Å². The Morgan fingerprint density at radius 1 is 0.719 bits per heavy atom. The van der Waals surface area contributed by atoms with Crippen LogP contribution < -0.4 is 9.47 Å². The van der Waals surface area contributed by atoms with E-state index in [9.17, 15) is 4.79 Å². The van der Waals surface area contributed by atoms with Crippen molar-refractivity contribution in [3.8, 4) is 34.5 Å². The molecule has 0 N–H and O–H groups in total. The van der Waals surface area contributed by atoms with Gasteiger partial charge in [0.2, 0.25) is 0 Å². The Kier molecular flexibility index (Phi) is 6.34. The van der Waals surface area contributed by atoms with Gasteiger partial charge in [-0.25, -0.2) is 4.79 Å². The number of carbonyl (C=O) groups is 1. The summed E-state index contributed by atoms with van der Waals surface area (Å²) in [6.07, 6.45) is 0. The maximum Gasteiger partial charge on any atom is 0.343 e. The molecule has 0 saturated heterocycles. The molecule has 4 rings (SSSR count). The molecular formula is C29H22O3. The summed E-state index contributed by atoms with van der Waals surface area (Å²) in [7, 11) is 1.58. The van der Waals surface area contributed by atoms with Gasteiger partial charge >= 0.3 is 5.97 Å². The lowest BCUT2D eigenvalue weighted by atomic mass is 10.0. The monoisotopic (exact) mass is 418 g/mol. The maximum atomic E-state index is 12.4. The molecule has 0 heterocycles. The highest BCUT2D eigenvalue weighted by Crippen LogP contribution is 2.22. The van der Waals surface area contributed by atoms with Gasteiger partial charge in [-0.2, -0.15) is 0 Å². The lowest BCUT2D eigenvalue weighted by Gasteiger charge is -2.08. The first-order chi connectivity index (χ1) is 15.6. The van der Waals surface area contributed by atoms with Gasteiger partial charge in [-0.1, -0.05) is 54.3 Å². The highest BCUT2D eigenvalue weighted by molar-refractivity contribution is 5.91. The summed E-state index contributed by atoms with van der Waals surface area (Å²) >= 11 is 0. The molecule has 0 aromatic heterocycles. The molecule has 0 saturated carbocycles. The van der Waals surface area contributed by atoms with E-state index in [0.717, 1.165) is 22.3 Å². The molecular weight excluding hydrogens is 396 g/mol. The van der Waals surface area contributed by atoms with E-state index in [1.165, 1.54) is 5.56 Å². The normalized spacial score (nSPS) is 10.1. The van der Waals surface area contributed by atoms with Gasteiger partial charge in [0.25, 0.3) is 0 Å². The van der Waals surface area contributed by atoms with Crippen LogP contribution >= 0.6 is 0 Å². The first-order valence-corrected chi connectivity index (χ1v) is 10.3. The molecule has 0 bridgehead atoms. The maximum absolute atomic E-state index is 12.4. The molecule has 0 aliphatic carbocycles. The summed E-state index contributed by atoms with van der Waals surface area (Å²) in [5.74, 6) is 7.17. The second-order valence-corrected chi connectivity index (χ2v) is 7.29. The number of carbonyl (C=O) groups excluding carboxylic acids is 1. The number of methoxy groups -OCH3 is 1. The highest BCUT2D eigenvalue weighted by Gasteiger charge is 2.10. The van der Waals surface area contributed by atoms with E-state index in [4.69, 9.17) is 9.47 Å². The second-order valence-electron chi connectivity index (χ2n) is 7.29. The van der Waals surface area contributed by atoms with Crippen LogP contribution in [-0.2, 0) is 0 Å². The standard InChI is InChI=1S/C29H22O3/c1-21-20-23(9-8-22-10-13-25(14-11-22)24-6-4-3-5-7-24)12-19-28(21)32-29(30)26-15-17-27(31-2)18-16-26/h3-7,10-20H,1-2H3. The average Bonchev–Trinajstić information content (AvgIpc) is 2.85. The van der Waals surface area contributed by atoms with Gasteiger partial charge < -0.3 is 9.47 Å². The first kappa shape index (κ1) is 21.0. The third-order valence-corrected chi connectivity index (χ3v) is 5.05. The highest BCUT2D eigenvalue weighted by atomic mass is 16.5. The molecule has 3 heteroatoms. The number of aryl methyl sites for hydroxylation is 1. The Hall–Kier alpha value is -4.29. The molecule has 0 aliphatic heterocycles. The third kappa shape index (κ3) is 5.06. The van der Waals surface area contributed by atoms with Crippen LogP contribution in [0.25, 0.3) is 11.1 Å². The van der Waals surface area contributed by atoms with Crippen LogP contribution in [0.4, 0.5) is 0 Å². The topological polar surface area (TPSA) is 35.5 Å². The van der Waals surface area contributed by atoms with E-state index in [1.54, 1.807) is 37.4 Å². The van der Waals surface area contributed by atoms with Gasteiger partial charge in [0.05, 0.1) is 12.7 Å². The first-order valence-electron chi connectivity index (χ1n) is 10.3. The van der Waals surface area contributed by atoms with Gasteiger partial charge in [-0.05, 0) is 78.2 Å². The van der Waals surface area contributed by atoms with Gasteiger partial charge in [0.15, 0.2) is 0 Å². The molecule has 4 aromatic carbocycles. The number of rotatable bonds is 4. The molecule has 0 radical (unpaired) electrons. The molecule has 0 amide bonds. The SMILES string of the molecule is COc1ccc(C(=O)Oc2ccc(C#Cc3ccc(-c4ccccc4)cc3)cc2C)cc1. The van der Waals surface area contributed by atoms with E-state index in [1.807, 2.05) is 49.4 Å². The number of esters is 1. The predicted molar refractivity (Wildman–Crippen MR) is 127 cm³/mol. The molecule has 0 aliphatic rings. The molecule has 0 spiro atoms. The lowest BCUT2D eigenvalue weighted by Crippen LogP contribution is -2.09. The van der Waals surface area contributed by atoms with Crippen molar-refractivity contribution >= 4 is 5.97 Å². The van der Waals surface area contributed by atoms with Crippen molar-refractivity contribution in [2.75, 3.05) is 7.11 Å². The summed E-state index contributed by atoms with van der Waals surface area (Å²) in [6.45, 7) is 1.90. The zero-order valence-electron chi connectivity index (χ0n) is 18.0. The largest absolute Gasteiger partial charge is 0.497 e. The fourth-order valence-corrected chi connectivity index (χ4v) is 3.25. The Balaban J connectivity index is 1.44. The van der Waals surface area contributed by atoms with Crippen molar-refractivity contribution in [2.24, 2.45) is 0 Å². The van der Waals surface area contributed by atoms with E-state index in [0.29, 0.717) is 17.1 Å². The molecule has 0 fully saturated rings. The molecule has 3 nitrogen and oxygen atoms in total. The van der Waals surface area contributed by atoms with Gasteiger partial charge in [-0.15, -0.1) is 0 Å². The van der Waals surface area contributed by atoms with Crippen LogP contribution in [0.1, 0.15) is 27.0 Å². The Morgan fingerprint density at radius 3 is 2.00 bits per heavy atom. The minimum absolute atomic E-state index is 0.409. The Bertz CT molecular complexity index is 1280. The molecule has 0 atom stereocenters. The summed E-state index contributed by atoms with van der Waals surface area (Å²) < 4.78 is 10.7. The van der Waals surface area contributed by atoms with Crippen molar-refractivity contribution in [3.63, 3.8) is 0 Å². The van der Waals surface area contributed by atoms with Crippen LogP contribution in [-0.4, -0.2) is 13.1 Å². The van der Waals surface area contributed by atoms with Gasteiger partial charge in [-0.3, -0.25) is 0 Å². The van der Waals surface area contributed by atoms with E-state index in [2.05, 4.69) is 36.1 Å². The second kappa shape index (κ2) is 9.68. The number of ether oxygens (including phenoxy) is 2. The summed E-state index contributed by atoms with van der Waals surface area (Å²) in [6, 6.07) is 30.8. The Morgan fingerprint density at radius 2 is 1.34 bits per heavy atom. The number of hydrogen-bond acceptors (Lipinski definition) is 3. The summed E-state index contributed by atoms with van der Waals surface area (Å²) in [5.41, 5.74) is 5.46. The van der Waals surface area contributed by atoms with Crippen LogP contribution in [0.5, 0.6) is 11.5 Å². The van der Waals surface area contributed by atoms with Crippen LogP contribution in [0.15, 0.2) is 97.1 Å². The summed E-state index contributed by atoms with van der Waals surface area (Å²) in [5, 5.41) is 0. The van der Waals surface area contributed by atoms with Crippen LogP contribution in [0.3, 0.4) is 0 Å². The molecule has 0 unspecified atom stereocenters. The van der Waals surface area contributed by atoms with Gasteiger partial charge in [0, 0.05) is 11.1 Å². The molecule has 4 aromatic rings. The van der Waals surface area contributed by atoms with E-state index < -0.39 is 5.97 Å². The lowest BCUT2D eigenvalue weighted by molar-refractivity contribution is 0.0733. The van der Waals surface area contributed by atoms with Crippen molar-refractivity contribution in [1.82, 2.24) is 0 Å². The van der Waals surface area contributed by atoms with Crippen LogP contribution in [0, 0.1) is 18.8 Å². The van der Waals surface area contributed by atoms with Crippen molar-refractivity contribution in [3.05, 3.63) is 119 Å². The fraction of sp³-hybridized carbons (Fsp3) is 0.0690. The van der Waals surface area contributed by atoms with E-state index >= 15 is 0 Å². The molecule has 156 valence electrons. The molecule has 32 heavy (non-hydrogen) atoms. The third-order valence-electron chi connectivity index (χ3n) is 5.05. The fourth-order valence-electron chi connectivity index (χ4n) is 3.25. The zero-order valence-corrected chi connectivity index (χ0v) is 18.0. The minimum atomic E-state index is -0.409.